The van der Waals surface area contributed by atoms with Crippen LogP contribution in [0.5, 0.6) is 0 Å². The molecule has 0 aliphatic carbocycles. The number of nitrogens with zero attached hydrogens (tertiary/aromatic N) is 2. The van der Waals surface area contributed by atoms with Gasteiger partial charge in [-0.2, -0.15) is 0 Å². The summed E-state index contributed by atoms with van der Waals surface area (Å²) in [4.78, 5) is 20.1. The lowest BCUT2D eigenvalue weighted by Crippen LogP contribution is -2.35. The Morgan fingerprint density at radius 1 is 1.38 bits per heavy atom. The average Bonchev–Trinajstić information content (AvgIpc) is 3.01. The van der Waals surface area contributed by atoms with Crippen LogP contribution in [0.25, 0.3) is 10.9 Å². The summed E-state index contributed by atoms with van der Waals surface area (Å²) in [6, 6.07) is 6.00. The zero-order chi connectivity index (χ0) is 15.1. The Bertz CT molecular complexity index is 679. The molecule has 21 heavy (non-hydrogen) atoms. The summed E-state index contributed by atoms with van der Waals surface area (Å²) in [6.07, 6.45) is 1.79. The molecule has 4 nitrogen and oxygen atoms in total. The second-order valence-corrected chi connectivity index (χ2v) is 6.55. The van der Waals surface area contributed by atoms with Gasteiger partial charge in [0.15, 0.2) is 0 Å². The van der Waals surface area contributed by atoms with Crippen molar-refractivity contribution < 1.29 is 4.79 Å². The van der Waals surface area contributed by atoms with Gasteiger partial charge in [-0.15, -0.1) is 0 Å². The lowest BCUT2D eigenvalue weighted by atomic mass is 10.1. The first-order valence-corrected chi connectivity index (χ1v) is 7.57. The molecule has 0 bridgehead atoms. The lowest BCUT2D eigenvalue weighted by Gasteiger charge is -2.22. The topological polar surface area (TPSA) is 39.3 Å². The first-order chi connectivity index (χ1) is 9.97. The lowest BCUT2D eigenvalue weighted by molar-refractivity contribution is 0.0783. The first kappa shape index (κ1) is 14.4. The van der Waals surface area contributed by atoms with E-state index in [0.29, 0.717) is 17.0 Å². The molecule has 1 fully saturated rings. The van der Waals surface area contributed by atoms with Crippen molar-refractivity contribution in [1.82, 2.24) is 14.8 Å². The van der Waals surface area contributed by atoms with Crippen molar-refractivity contribution >= 4 is 28.4 Å². The van der Waals surface area contributed by atoms with Gasteiger partial charge in [0.25, 0.3) is 5.91 Å². The maximum atomic E-state index is 12.8. The summed E-state index contributed by atoms with van der Waals surface area (Å²) in [5.74, 6) is 0.586. The molecule has 3 rings (SSSR count). The van der Waals surface area contributed by atoms with E-state index in [1.165, 1.54) is 0 Å². The van der Waals surface area contributed by atoms with E-state index in [4.69, 9.17) is 11.6 Å². The van der Waals surface area contributed by atoms with Crippen LogP contribution >= 0.6 is 11.6 Å². The highest BCUT2D eigenvalue weighted by molar-refractivity contribution is 6.31. The van der Waals surface area contributed by atoms with Crippen LogP contribution in [0, 0.1) is 5.92 Å². The molecular formula is C16H20ClN3O. The summed E-state index contributed by atoms with van der Waals surface area (Å²) in [5.41, 5.74) is 1.63. The van der Waals surface area contributed by atoms with Crippen molar-refractivity contribution in [2.75, 3.05) is 27.2 Å². The van der Waals surface area contributed by atoms with E-state index in [1.807, 2.05) is 23.1 Å². The van der Waals surface area contributed by atoms with Crippen LogP contribution in [0.15, 0.2) is 24.4 Å². The Labute approximate surface area is 129 Å². The largest absolute Gasteiger partial charge is 0.360 e. The molecule has 112 valence electrons. The van der Waals surface area contributed by atoms with Gasteiger partial charge in [0, 0.05) is 41.3 Å². The van der Waals surface area contributed by atoms with Crippen molar-refractivity contribution in [3.8, 4) is 0 Å². The molecule has 1 N–H and O–H groups in total. The Hall–Kier alpha value is -1.52. The number of aromatic amines is 1. The highest BCUT2D eigenvalue weighted by Gasteiger charge is 2.34. The highest BCUT2D eigenvalue weighted by Crippen LogP contribution is 2.26. The van der Waals surface area contributed by atoms with Crippen LogP contribution in [-0.4, -0.2) is 53.9 Å². The third kappa shape index (κ3) is 2.54. The van der Waals surface area contributed by atoms with Gasteiger partial charge in [-0.05, 0) is 32.1 Å². The zero-order valence-corrected chi connectivity index (χ0v) is 13.3. The van der Waals surface area contributed by atoms with Gasteiger partial charge in [-0.1, -0.05) is 24.6 Å². The number of rotatable bonds is 2. The molecule has 5 heteroatoms. The number of halogens is 1. The van der Waals surface area contributed by atoms with Crippen LogP contribution in [0.4, 0.5) is 0 Å². The maximum absolute atomic E-state index is 12.8. The fourth-order valence-electron chi connectivity index (χ4n) is 3.23. The van der Waals surface area contributed by atoms with Gasteiger partial charge in [-0.25, -0.2) is 0 Å². The van der Waals surface area contributed by atoms with E-state index in [2.05, 4.69) is 30.9 Å². The number of amides is 1. The molecule has 0 spiro atoms. The molecule has 2 atom stereocenters. The summed E-state index contributed by atoms with van der Waals surface area (Å²) in [5, 5.41) is 1.61. The number of fused-ring (bicyclic) bond motifs is 1. The molecule has 2 aromatic rings. The van der Waals surface area contributed by atoms with Gasteiger partial charge in [0.1, 0.15) is 0 Å². The van der Waals surface area contributed by atoms with Gasteiger partial charge in [-0.3, -0.25) is 4.79 Å². The van der Waals surface area contributed by atoms with Gasteiger partial charge >= 0.3 is 0 Å². The zero-order valence-electron chi connectivity index (χ0n) is 12.6. The fourth-order valence-corrected chi connectivity index (χ4v) is 3.41. The second-order valence-electron chi connectivity index (χ2n) is 6.11. The van der Waals surface area contributed by atoms with Crippen molar-refractivity contribution in [1.29, 1.82) is 0 Å². The van der Waals surface area contributed by atoms with Crippen LogP contribution in [-0.2, 0) is 0 Å². The molecular weight excluding hydrogens is 286 g/mol. The number of carbonyl (C=O) groups excluding carboxylic acids is 1. The van der Waals surface area contributed by atoms with Crippen LogP contribution < -0.4 is 0 Å². The van der Waals surface area contributed by atoms with Crippen LogP contribution in [0.2, 0.25) is 5.02 Å². The third-order valence-electron chi connectivity index (χ3n) is 4.40. The summed E-state index contributed by atoms with van der Waals surface area (Å²) >= 11 is 5.99. The number of hydrogen-bond donors (Lipinski definition) is 1. The molecule has 1 amide bonds. The Morgan fingerprint density at radius 3 is 2.81 bits per heavy atom. The Morgan fingerprint density at radius 2 is 2.14 bits per heavy atom. The smallest absolute Gasteiger partial charge is 0.256 e. The number of H-pyrrole nitrogens is 1. The first-order valence-electron chi connectivity index (χ1n) is 7.19. The number of benzene rings is 1. The summed E-state index contributed by atoms with van der Waals surface area (Å²) < 4.78 is 0. The number of carbonyl (C=O) groups is 1. The van der Waals surface area contributed by atoms with E-state index >= 15 is 0 Å². The number of hydrogen-bond acceptors (Lipinski definition) is 2. The van der Waals surface area contributed by atoms with Gasteiger partial charge in [0.05, 0.1) is 5.56 Å². The maximum Gasteiger partial charge on any atom is 0.256 e. The van der Waals surface area contributed by atoms with Crippen molar-refractivity contribution in [2.24, 2.45) is 5.92 Å². The minimum Gasteiger partial charge on any atom is -0.360 e. The second kappa shape index (κ2) is 5.35. The monoisotopic (exact) mass is 305 g/mol. The van der Waals surface area contributed by atoms with Crippen LogP contribution in [0.3, 0.4) is 0 Å². The predicted octanol–water partition coefficient (Wildman–Crippen LogP) is 2.84. The average molecular weight is 306 g/mol. The molecule has 1 aliphatic rings. The standard InChI is InChI=1S/C16H20ClN3O/c1-10-8-20(9-15(10)19(2)3)16(21)13-7-18-14-6-11(17)4-5-12(13)14/h4-7,10,15,18H,8-9H2,1-3H3/t10-,15-/m1/s1. The number of aromatic nitrogens is 1. The van der Waals surface area contributed by atoms with E-state index in [1.54, 1.807) is 6.20 Å². The quantitative estimate of drug-likeness (QED) is 0.926. The minimum absolute atomic E-state index is 0.0970. The molecule has 1 aromatic carbocycles. The third-order valence-corrected chi connectivity index (χ3v) is 4.63. The summed E-state index contributed by atoms with van der Waals surface area (Å²) in [7, 11) is 4.14. The molecule has 1 saturated heterocycles. The summed E-state index contributed by atoms with van der Waals surface area (Å²) in [6.45, 7) is 3.79. The SMILES string of the molecule is C[C@@H]1CN(C(=O)c2c[nH]c3cc(Cl)ccc23)C[C@H]1N(C)C. The molecule has 2 heterocycles. The Kier molecular flexibility index (Phi) is 3.68. The number of likely N-dealkylation sites (N-methyl/N-ethyl adjacent to an activating group) is 1. The van der Waals surface area contributed by atoms with E-state index in [0.717, 1.165) is 29.6 Å². The molecule has 0 saturated carbocycles. The van der Waals surface area contributed by atoms with Crippen molar-refractivity contribution in [2.45, 2.75) is 13.0 Å². The van der Waals surface area contributed by atoms with Crippen molar-refractivity contribution in [3.05, 3.63) is 35.0 Å². The Balaban J connectivity index is 1.88. The molecule has 0 unspecified atom stereocenters. The number of nitrogens with one attached hydrogen (secondary N) is 1. The minimum atomic E-state index is 0.0970. The number of likely N-dealkylation sites (tertiary alicyclic amines) is 1. The fraction of sp³-hybridized carbons (Fsp3) is 0.438. The van der Waals surface area contributed by atoms with Gasteiger partial charge in [0.2, 0.25) is 0 Å². The predicted molar refractivity (Wildman–Crippen MR) is 85.9 cm³/mol. The van der Waals surface area contributed by atoms with E-state index in [-0.39, 0.29) is 5.91 Å². The normalized spacial score (nSPS) is 22.4. The van der Waals surface area contributed by atoms with Crippen LogP contribution in [0.1, 0.15) is 17.3 Å². The molecule has 1 aromatic heterocycles. The van der Waals surface area contributed by atoms with E-state index < -0.39 is 0 Å². The molecule has 0 radical (unpaired) electrons. The van der Waals surface area contributed by atoms with Gasteiger partial charge < -0.3 is 14.8 Å². The van der Waals surface area contributed by atoms with E-state index in [9.17, 15) is 4.79 Å². The molecule has 1 aliphatic heterocycles. The highest BCUT2D eigenvalue weighted by atomic mass is 35.5. The van der Waals surface area contributed by atoms with Crippen molar-refractivity contribution in [3.63, 3.8) is 0 Å².